The molecule has 0 aliphatic carbocycles. The van der Waals surface area contributed by atoms with Crippen LogP contribution in [0.3, 0.4) is 0 Å². The lowest BCUT2D eigenvalue weighted by atomic mass is 9.97. The molecule has 0 aliphatic heterocycles. The highest BCUT2D eigenvalue weighted by Gasteiger charge is 2.19. The summed E-state index contributed by atoms with van der Waals surface area (Å²) in [5.74, 6) is 0.665. The minimum Gasteiger partial charge on any atom is -0.455 e. The van der Waals surface area contributed by atoms with Gasteiger partial charge in [-0.3, -0.25) is 0 Å². The van der Waals surface area contributed by atoms with Gasteiger partial charge in [0.25, 0.3) is 0 Å². The van der Waals surface area contributed by atoms with Crippen molar-refractivity contribution in [3.8, 4) is 67.4 Å². The second-order valence-electron chi connectivity index (χ2n) is 16.3. The molecule has 5 heteroatoms. The van der Waals surface area contributed by atoms with Gasteiger partial charge in [-0.1, -0.05) is 182 Å². The van der Waals surface area contributed by atoms with E-state index in [-0.39, 0.29) is 0 Å². The molecule has 0 unspecified atom stereocenters. The van der Waals surface area contributed by atoms with Gasteiger partial charge in [0.2, 0.25) is 0 Å². The molecule has 9 aromatic carbocycles. The summed E-state index contributed by atoms with van der Waals surface area (Å²) in [6.07, 6.45) is 0. The van der Waals surface area contributed by atoms with Crippen LogP contribution in [-0.2, 0) is 0 Å². The molecule has 298 valence electrons. The zero-order valence-electron chi connectivity index (χ0n) is 34.4. The highest BCUT2D eigenvalue weighted by atomic mass is 32.1. The first-order chi connectivity index (χ1) is 31.7. The minimum atomic E-state index is 0.665. The van der Waals surface area contributed by atoms with Crippen LogP contribution < -0.4 is 0 Å². The number of hydrogen-bond donors (Lipinski definition) is 0. The minimum absolute atomic E-state index is 0.665. The molecule has 4 heterocycles. The molecule has 0 atom stereocenters. The predicted molar refractivity (Wildman–Crippen MR) is 268 cm³/mol. The predicted octanol–water partition coefficient (Wildman–Crippen LogP) is 16.4. The van der Waals surface area contributed by atoms with E-state index in [1.807, 2.05) is 29.5 Å². The highest BCUT2D eigenvalue weighted by Crippen LogP contribution is 2.45. The van der Waals surface area contributed by atoms with Gasteiger partial charge >= 0.3 is 0 Å². The van der Waals surface area contributed by atoms with E-state index >= 15 is 0 Å². The average molecular weight is 834 g/mol. The first-order valence-electron chi connectivity index (χ1n) is 21.5. The van der Waals surface area contributed by atoms with Crippen LogP contribution in [0, 0.1) is 0 Å². The van der Waals surface area contributed by atoms with Crippen LogP contribution in [0.1, 0.15) is 0 Å². The maximum Gasteiger partial charge on any atom is 0.160 e. The lowest BCUT2D eigenvalue weighted by Crippen LogP contribution is -1.96. The summed E-state index contributed by atoms with van der Waals surface area (Å²) in [5.41, 5.74) is 13.9. The third-order valence-corrected chi connectivity index (χ3v) is 13.7. The van der Waals surface area contributed by atoms with Crippen molar-refractivity contribution in [1.29, 1.82) is 0 Å². The Kier molecular flexibility index (Phi) is 8.36. The quantitative estimate of drug-likeness (QED) is 0.167. The van der Waals surface area contributed by atoms with E-state index in [1.54, 1.807) is 0 Å². The SMILES string of the molecule is c1ccc(-c2cc(-c3ccc(-c4cccc5c4oc4ccccc45)cc3)nc(-c3cccc(-c4ccc5c(c4)nc(-c4cccc6ccccc46)c4sc6ccccc6c45)c3)n2)cc1. The lowest BCUT2D eigenvalue weighted by molar-refractivity contribution is 0.670. The van der Waals surface area contributed by atoms with Crippen molar-refractivity contribution < 1.29 is 4.42 Å². The number of thiophene rings is 1. The van der Waals surface area contributed by atoms with Crippen LogP contribution in [0.15, 0.2) is 217 Å². The normalized spacial score (nSPS) is 11.8. The summed E-state index contributed by atoms with van der Waals surface area (Å²) in [6.45, 7) is 0. The van der Waals surface area contributed by atoms with Crippen molar-refractivity contribution in [3.63, 3.8) is 0 Å². The number of aromatic nitrogens is 3. The fourth-order valence-corrected chi connectivity index (χ4v) is 10.6. The molecule has 64 heavy (non-hydrogen) atoms. The molecule has 0 bridgehead atoms. The topological polar surface area (TPSA) is 51.8 Å². The fourth-order valence-electron chi connectivity index (χ4n) is 9.39. The van der Waals surface area contributed by atoms with Gasteiger partial charge < -0.3 is 4.42 Å². The van der Waals surface area contributed by atoms with Crippen molar-refractivity contribution in [2.24, 2.45) is 0 Å². The smallest absolute Gasteiger partial charge is 0.160 e. The number of nitrogens with zero attached hydrogens (tertiary/aromatic N) is 3. The third-order valence-electron chi connectivity index (χ3n) is 12.5. The lowest BCUT2D eigenvalue weighted by Gasteiger charge is -2.12. The van der Waals surface area contributed by atoms with Crippen molar-refractivity contribution in [2.75, 3.05) is 0 Å². The first-order valence-corrected chi connectivity index (χ1v) is 22.3. The molecule has 4 nitrogen and oxygen atoms in total. The van der Waals surface area contributed by atoms with Crippen LogP contribution >= 0.6 is 11.3 Å². The summed E-state index contributed by atoms with van der Waals surface area (Å²) >= 11 is 1.83. The Balaban J connectivity index is 0.923. The number of hydrogen-bond acceptors (Lipinski definition) is 5. The van der Waals surface area contributed by atoms with Gasteiger partial charge in [-0.2, -0.15) is 0 Å². The molecule has 0 radical (unpaired) electrons. The number of para-hydroxylation sites is 2. The van der Waals surface area contributed by atoms with Crippen molar-refractivity contribution in [2.45, 2.75) is 0 Å². The monoisotopic (exact) mass is 833 g/mol. The van der Waals surface area contributed by atoms with Crippen LogP contribution in [0.4, 0.5) is 0 Å². The summed E-state index contributed by atoms with van der Waals surface area (Å²) in [7, 11) is 0. The van der Waals surface area contributed by atoms with E-state index in [9.17, 15) is 0 Å². The molecule has 4 aromatic heterocycles. The van der Waals surface area contributed by atoms with Crippen molar-refractivity contribution >= 4 is 75.1 Å². The summed E-state index contributed by atoms with van der Waals surface area (Å²) < 4.78 is 8.86. The fraction of sp³-hybridized carbons (Fsp3) is 0. The van der Waals surface area contributed by atoms with E-state index in [1.165, 1.54) is 30.9 Å². The average Bonchev–Trinajstić information content (AvgIpc) is 3.96. The number of fused-ring (bicyclic) bond motifs is 9. The number of benzene rings is 9. The van der Waals surface area contributed by atoms with Gasteiger partial charge in [0, 0.05) is 59.4 Å². The Labute approximate surface area is 372 Å². The van der Waals surface area contributed by atoms with Gasteiger partial charge in [-0.15, -0.1) is 11.3 Å². The van der Waals surface area contributed by atoms with Crippen LogP contribution in [0.5, 0.6) is 0 Å². The number of furan rings is 1. The van der Waals surface area contributed by atoms with Crippen molar-refractivity contribution in [3.05, 3.63) is 212 Å². The molecular weight excluding hydrogens is 799 g/mol. The Morgan fingerprint density at radius 3 is 1.86 bits per heavy atom. The molecule has 0 saturated heterocycles. The zero-order valence-corrected chi connectivity index (χ0v) is 35.2. The Morgan fingerprint density at radius 1 is 0.375 bits per heavy atom. The van der Waals surface area contributed by atoms with Crippen LogP contribution in [-0.4, -0.2) is 15.0 Å². The number of pyridine rings is 1. The maximum absolute atomic E-state index is 6.39. The zero-order chi connectivity index (χ0) is 42.1. The standard InChI is InChI=1S/C59H35N3OS/c1-2-14-38(15-3-1)50-35-51(39-29-27-37(28-30-39)44-22-12-24-47-45-20-6-8-25-53(45)63-57(44)47)62-59(61-50)42-18-10-17-40(33-42)41-31-32-48-52(34-41)60-56(46-23-11-16-36-13-4-5-19-43(36)46)58-55(48)49-21-7-9-26-54(49)64-58/h1-35H. The third kappa shape index (κ3) is 6.01. The molecule has 0 saturated carbocycles. The largest absolute Gasteiger partial charge is 0.455 e. The molecular formula is C59H35N3OS. The van der Waals surface area contributed by atoms with Gasteiger partial charge in [0.15, 0.2) is 5.82 Å². The molecule has 13 rings (SSSR count). The van der Waals surface area contributed by atoms with E-state index in [2.05, 4.69) is 194 Å². The molecule has 0 fully saturated rings. The highest BCUT2D eigenvalue weighted by molar-refractivity contribution is 7.26. The molecule has 0 spiro atoms. The molecule has 0 aliphatic rings. The van der Waals surface area contributed by atoms with Crippen LogP contribution in [0.25, 0.3) is 131 Å². The summed E-state index contributed by atoms with van der Waals surface area (Å²) in [6, 6.07) is 74.8. The Hall–Kier alpha value is -8.25. The van der Waals surface area contributed by atoms with Crippen LogP contribution in [0.2, 0.25) is 0 Å². The number of rotatable bonds is 6. The van der Waals surface area contributed by atoms with E-state index in [0.29, 0.717) is 5.82 Å². The maximum atomic E-state index is 6.39. The van der Waals surface area contributed by atoms with E-state index < -0.39 is 0 Å². The summed E-state index contributed by atoms with van der Waals surface area (Å²) in [5, 5.41) is 8.32. The molecule has 0 amide bonds. The second kappa shape index (κ2) is 14.7. The Morgan fingerprint density at radius 2 is 0.984 bits per heavy atom. The Bertz CT molecular complexity index is 3960. The van der Waals surface area contributed by atoms with Gasteiger partial charge in [-0.25, -0.2) is 15.0 Å². The molecule has 0 N–H and O–H groups in total. The molecule has 13 aromatic rings. The first kappa shape index (κ1) is 36.4. The summed E-state index contributed by atoms with van der Waals surface area (Å²) in [4.78, 5) is 16.0. The van der Waals surface area contributed by atoms with E-state index in [0.717, 1.165) is 94.4 Å². The van der Waals surface area contributed by atoms with E-state index in [4.69, 9.17) is 19.4 Å². The second-order valence-corrected chi connectivity index (χ2v) is 17.3. The van der Waals surface area contributed by atoms with Gasteiger partial charge in [0.05, 0.1) is 27.3 Å². The van der Waals surface area contributed by atoms with Crippen molar-refractivity contribution in [1.82, 2.24) is 15.0 Å². The van der Waals surface area contributed by atoms with Gasteiger partial charge in [0.1, 0.15) is 11.2 Å². The van der Waals surface area contributed by atoms with Gasteiger partial charge in [-0.05, 0) is 57.8 Å².